The molecule has 0 aliphatic rings. The van der Waals surface area contributed by atoms with E-state index in [0.717, 1.165) is 24.3 Å². The van der Waals surface area contributed by atoms with Gasteiger partial charge in [0.05, 0.1) is 23.1 Å². The summed E-state index contributed by atoms with van der Waals surface area (Å²) in [5, 5.41) is 0. The fraction of sp³-hybridized carbons (Fsp3) is 0.125. The van der Waals surface area contributed by atoms with Crippen molar-refractivity contribution in [2.24, 2.45) is 5.73 Å². The SMILES string of the molecule is COc1ccc(C(N)=O)c(OC(=O)c2ccc(S(=O)(=O)C(F)F)cc2)c1. The van der Waals surface area contributed by atoms with Crippen LogP contribution in [0.15, 0.2) is 47.4 Å². The zero-order chi connectivity index (χ0) is 19.5. The van der Waals surface area contributed by atoms with Crippen LogP contribution in [0.4, 0.5) is 8.78 Å². The number of carbonyl (C=O) groups is 2. The number of hydrogen-bond acceptors (Lipinski definition) is 6. The largest absolute Gasteiger partial charge is 0.497 e. The van der Waals surface area contributed by atoms with Crippen LogP contribution in [0, 0.1) is 0 Å². The van der Waals surface area contributed by atoms with Crippen LogP contribution in [-0.4, -0.2) is 33.2 Å². The molecule has 0 heterocycles. The van der Waals surface area contributed by atoms with E-state index in [2.05, 4.69) is 0 Å². The molecule has 2 rings (SSSR count). The molecule has 7 nitrogen and oxygen atoms in total. The Balaban J connectivity index is 2.30. The Labute approximate surface area is 147 Å². The van der Waals surface area contributed by atoms with E-state index in [1.54, 1.807) is 0 Å². The van der Waals surface area contributed by atoms with Crippen LogP contribution in [0.25, 0.3) is 0 Å². The van der Waals surface area contributed by atoms with E-state index in [1.807, 2.05) is 0 Å². The fourth-order valence-corrected chi connectivity index (χ4v) is 2.68. The second-order valence-corrected chi connectivity index (χ2v) is 6.86. The molecule has 2 N–H and O–H groups in total. The van der Waals surface area contributed by atoms with Gasteiger partial charge in [0.1, 0.15) is 11.5 Å². The molecule has 0 aliphatic carbocycles. The third kappa shape index (κ3) is 3.97. The average Bonchev–Trinajstić information content (AvgIpc) is 2.61. The smallest absolute Gasteiger partial charge is 0.343 e. The Kier molecular flexibility index (Phi) is 5.56. The highest BCUT2D eigenvalue weighted by Gasteiger charge is 2.26. The molecule has 0 fully saturated rings. The third-order valence-electron chi connectivity index (χ3n) is 3.31. The number of carbonyl (C=O) groups excluding carboxylic acids is 2. The van der Waals surface area contributed by atoms with Gasteiger partial charge in [0, 0.05) is 6.07 Å². The number of esters is 1. The molecule has 0 spiro atoms. The fourth-order valence-electron chi connectivity index (χ4n) is 1.96. The Bertz CT molecular complexity index is 942. The van der Waals surface area contributed by atoms with Crippen molar-refractivity contribution in [3.05, 3.63) is 53.6 Å². The van der Waals surface area contributed by atoms with E-state index in [1.165, 1.54) is 25.3 Å². The van der Waals surface area contributed by atoms with Crippen LogP contribution in [0.2, 0.25) is 0 Å². The predicted octanol–water partition coefficient (Wildman–Crippen LogP) is 2.01. The number of nitrogens with two attached hydrogens (primary N) is 1. The topological polar surface area (TPSA) is 113 Å². The molecule has 2 aromatic rings. The highest BCUT2D eigenvalue weighted by Crippen LogP contribution is 2.26. The second-order valence-electron chi connectivity index (χ2n) is 4.95. The molecule has 0 bridgehead atoms. The number of alkyl halides is 2. The zero-order valence-electron chi connectivity index (χ0n) is 13.3. The summed E-state index contributed by atoms with van der Waals surface area (Å²) < 4.78 is 57.8. The Morgan fingerprint density at radius 1 is 1.08 bits per heavy atom. The van der Waals surface area contributed by atoms with Crippen LogP contribution in [0.1, 0.15) is 20.7 Å². The normalized spacial score (nSPS) is 11.2. The number of halogens is 2. The van der Waals surface area contributed by atoms with Gasteiger partial charge in [-0.2, -0.15) is 8.78 Å². The summed E-state index contributed by atoms with van der Waals surface area (Å²) >= 11 is 0. The summed E-state index contributed by atoms with van der Waals surface area (Å²) in [7, 11) is -3.40. The lowest BCUT2D eigenvalue weighted by Crippen LogP contribution is -2.16. The van der Waals surface area contributed by atoms with Crippen molar-refractivity contribution in [1.29, 1.82) is 0 Å². The number of sulfone groups is 1. The Morgan fingerprint density at radius 2 is 1.69 bits per heavy atom. The van der Waals surface area contributed by atoms with Crippen LogP contribution >= 0.6 is 0 Å². The molecule has 0 saturated carbocycles. The van der Waals surface area contributed by atoms with Crippen molar-refractivity contribution < 1.29 is 36.3 Å². The molecule has 0 radical (unpaired) electrons. The van der Waals surface area contributed by atoms with Crippen LogP contribution in [0.5, 0.6) is 11.5 Å². The summed E-state index contributed by atoms with van der Waals surface area (Å²) in [6.45, 7) is 0. The third-order valence-corrected chi connectivity index (χ3v) is 4.71. The van der Waals surface area contributed by atoms with Gasteiger partial charge < -0.3 is 15.2 Å². The van der Waals surface area contributed by atoms with Gasteiger partial charge in [-0.15, -0.1) is 0 Å². The van der Waals surface area contributed by atoms with Gasteiger partial charge in [-0.1, -0.05) is 0 Å². The molecule has 0 atom stereocenters. The maximum absolute atomic E-state index is 12.5. The van der Waals surface area contributed by atoms with Crippen molar-refractivity contribution in [2.45, 2.75) is 10.7 Å². The number of rotatable bonds is 6. The molecule has 0 unspecified atom stereocenters. The number of ether oxygens (including phenoxy) is 2. The number of primary amides is 1. The Hall–Kier alpha value is -3.01. The summed E-state index contributed by atoms with van der Waals surface area (Å²) in [4.78, 5) is 22.9. The van der Waals surface area contributed by atoms with Crippen LogP contribution < -0.4 is 15.2 Å². The van der Waals surface area contributed by atoms with Crippen molar-refractivity contribution in [2.75, 3.05) is 7.11 Å². The molecule has 26 heavy (non-hydrogen) atoms. The van der Waals surface area contributed by atoms with E-state index < -0.39 is 32.4 Å². The van der Waals surface area contributed by atoms with Gasteiger partial charge in [0.2, 0.25) is 9.84 Å². The van der Waals surface area contributed by atoms with Crippen LogP contribution in [0.3, 0.4) is 0 Å². The molecule has 0 aromatic heterocycles. The Morgan fingerprint density at radius 3 is 2.19 bits per heavy atom. The molecule has 0 aliphatic heterocycles. The summed E-state index contributed by atoms with van der Waals surface area (Å²) in [6.07, 6.45) is 0. The first kappa shape index (κ1) is 19.3. The van der Waals surface area contributed by atoms with Gasteiger partial charge in [0.25, 0.3) is 5.91 Å². The van der Waals surface area contributed by atoms with Crippen molar-refractivity contribution in [3.8, 4) is 11.5 Å². The van der Waals surface area contributed by atoms with Gasteiger partial charge in [0.15, 0.2) is 0 Å². The quantitative estimate of drug-likeness (QED) is 0.601. The van der Waals surface area contributed by atoms with Gasteiger partial charge in [-0.25, -0.2) is 13.2 Å². The standard InChI is InChI=1S/C16H13F2NO6S/c1-24-10-4-7-12(14(19)20)13(8-10)25-15(21)9-2-5-11(6-3-9)26(22,23)16(17)18/h2-8,16H,1H3,(H2,19,20). The lowest BCUT2D eigenvalue weighted by Gasteiger charge is -2.10. The van der Waals surface area contributed by atoms with Crippen LogP contribution in [-0.2, 0) is 9.84 Å². The lowest BCUT2D eigenvalue weighted by molar-refractivity contribution is 0.0732. The maximum Gasteiger partial charge on any atom is 0.343 e. The highest BCUT2D eigenvalue weighted by atomic mass is 32.2. The molecular weight excluding hydrogens is 372 g/mol. The van der Waals surface area contributed by atoms with E-state index >= 15 is 0 Å². The van der Waals surface area contributed by atoms with E-state index in [-0.39, 0.29) is 16.9 Å². The first-order valence-electron chi connectivity index (χ1n) is 6.99. The van der Waals surface area contributed by atoms with Crippen molar-refractivity contribution in [1.82, 2.24) is 0 Å². The summed E-state index contributed by atoms with van der Waals surface area (Å²) in [5.74, 6) is -5.21. The van der Waals surface area contributed by atoms with Crippen molar-refractivity contribution >= 4 is 21.7 Å². The first-order valence-corrected chi connectivity index (χ1v) is 8.53. The molecule has 2 aromatic carbocycles. The molecule has 0 saturated heterocycles. The van der Waals surface area contributed by atoms with Gasteiger partial charge in [-0.3, -0.25) is 4.79 Å². The second kappa shape index (κ2) is 7.48. The molecular formula is C16H13F2NO6S. The number of hydrogen-bond donors (Lipinski definition) is 1. The molecule has 10 heteroatoms. The van der Waals surface area contributed by atoms with Crippen molar-refractivity contribution in [3.63, 3.8) is 0 Å². The average molecular weight is 385 g/mol. The minimum absolute atomic E-state index is 0.0731. The highest BCUT2D eigenvalue weighted by molar-refractivity contribution is 7.91. The zero-order valence-corrected chi connectivity index (χ0v) is 14.1. The molecule has 138 valence electrons. The lowest BCUT2D eigenvalue weighted by atomic mass is 10.1. The van der Waals surface area contributed by atoms with E-state index in [9.17, 15) is 26.8 Å². The summed E-state index contributed by atoms with van der Waals surface area (Å²) in [6, 6.07) is 7.78. The monoisotopic (exact) mass is 385 g/mol. The maximum atomic E-state index is 12.5. The number of methoxy groups -OCH3 is 1. The number of benzene rings is 2. The van der Waals surface area contributed by atoms with Gasteiger partial charge >= 0.3 is 11.7 Å². The van der Waals surface area contributed by atoms with Gasteiger partial charge in [-0.05, 0) is 36.4 Å². The predicted molar refractivity (Wildman–Crippen MR) is 86.1 cm³/mol. The summed E-state index contributed by atoms with van der Waals surface area (Å²) in [5.41, 5.74) is 5.02. The molecule has 1 amide bonds. The van der Waals surface area contributed by atoms with E-state index in [4.69, 9.17) is 15.2 Å². The minimum atomic E-state index is -4.77. The first-order chi connectivity index (χ1) is 12.2. The minimum Gasteiger partial charge on any atom is -0.497 e. The number of amides is 1. The van der Waals surface area contributed by atoms with E-state index in [0.29, 0.717) is 5.75 Å².